The van der Waals surface area contributed by atoms with Crippen molar-refractivity contribution >= 4 is 22.3 Å². The summed E-state index contributed by atoms with van der Waals surface area (Å²) >= 11 is 0. The number of rotatable bonds is 3. The highest BCUT2D eigenvalue weighted by Crippen LogP contribution is 2.56. The van der Waals surface area contributed by atoms with Crippen LogP contribution in [0, 0.1) is 17.8 Å². The summed E-state index contributed by atoms with van der Waals surface area (Å²) in [4.78, 5) is 7.74. The third-order valence-electron chi connectivity index (χ3n) is 6.60. The summed E-state index contributed by atoms with van der Waals surface area (Å²) in [5, 5.41) is 15.8. The molecule has 4 nitrogen and oxygen atoms in total. The summed E-state index contributed by atoms with van der Waals surface area (Å²) in [6.07, 6.45) is 9.35. The van der Waals surface area contributed by atoms with E-state index in [-0.39, 0.29) is 5.60 Å². The number of pyridine rings is 1. The van der Waals surface area contributed by atoms with E-state index in [1.165, 1.54) is 18.5 Å². The average Bonchev–Trinajstić information content (AvgIpc) is 2.97. The van der Waals surface area contributed by atoms with Crippen molar-refractivity contribution in [3.8, 4) is 0 Å². The van der Waals surface area contributed by atoms with Gasteiger partial charge in [0, 0.05) is 29.4 Å². The topological polar surface area (TPSA) is 60.9 Å². The predicted molar refractivity (Wildman–Crippen MR) is 96.7 cm³/mol. The van der Waals surface area contributed by atoms with E-state index in [2.05, 4.69) is 27.9 Å². The largest absolute Gasteiger partial charge is 0.390 e. The van der Waals surface area contributed by atoms with E-state index < -0.39 is 0 Å². The summed E-state index contributed by atoms with van der Waals surface area (Å²) in [6.45, 7) is 6.18. The van der Waals surface area contributed by atoms with Crippen LogP contribution in [-0.4, -0.2) is 26.7 Å². The lowest BCUT2D eigenvalue weighted by atomic mass is 9.52. The van der Waals surface area contributed by atoms with Gasteiger partial charge in [0.2, 0.25) is 0 Å². The molecule has 24 heavy (non-hydrogen) atoms. The van der Waals surface area contributed by atoms with Gasteiger partial charge in [-0.1, -0.05) is 6.58 Å². The van der Waals surface area contributed by atoms with E-state index in [1.54, 1.807) is 0 Å². The van der Waals surface area contributed by atoms with Crippen LogP contribution in [0.15, 0.2) is 25.0 Å². The first-order valence-electron chi connectivity index (χ1n) is 9.13. The van der Waals surface area contributed by atoms with Gasteiger partial charge < -0.3 is 15.4 Å². The van der Waals surface area contributed by atoms with Crippen molar-refractivity contribution in [3.05, 3.63) is 30.6 Å². The van der Waals surface area contributed by atoms with Gasteiger partial charge >= 0.3 is 0 Å². The fourth-order valence-electron chi connectivity index (χ4n) is 5.87. The Labute approximate surface area is 142 Å². The average molecular weight is 323 g/mol. The SMILES string of the molecule is C=C(C)c1cnc2[nH]ccc2c1NC1C2CC3CC1CC(O)(C3)C2. The minimum absolute atomic E-state index is 0.381. The summed E-state index contributed by atoms with van der Waals surface area (Å²) in [5.41, 5.74) is 3.85. The lowest BCUT2D eigenvalue weighted by Gasteiger charge is -2.58. The molecule has 2 aromatic rings. The fourth-order valence-corrected chi connectivity index (χ4v) is 5.87. The maximum atomic E-state index is 10.8. The molecule has 126 valence electrons. The monoisotopic (exact) mass is 323 g/mol. The molecular formula is C20H25N3O. The van der Waals surface area contributed by atoms with Gasteiger partial charge in [0.15, 0.2) is 0 Å². The van der Waals surface area contributed by atoms with Crippen molar-refractivity contribution in [2.24, 2.45) is 17.8 Å². The van der Waals surface area contributed by atoms with Crippen LogP contribution in [0.2, 0.25) is 0 Å². The molecule has 0 radical (unpaired) electrons. The molecule has 4 saturated carbocycles. The molecule has 0 aliphatic heterocycles. The number of nitrogens with one attached hydrogen (secondary N) is 2. The van der Waals surface area contributed by atoms with E-state index in [1.807, 2.05) is 19.3 Å². The number of hydrogen-bond acceptors (Lipinski definition) is 3. The Hall–Kier alpha value is -1.81. The van der Waals surface area contributed by atoms with Crippen LogP contribution < -0.4 is 5.32 Å². The Bertz CT molecular complexity index is 807. The molecule has 0 amide bonds. The number of nitrogens with zero attached hydrogens (tertiary/aromatic N) is 1. The van der Waals surface area contributed by atoms with Gasteiger partial charge in [-0.3, -0.25) is 0 Å². The molecule has 4 aliphatic rings. The van der Waals surface area contributed by atoms with Crippen LogP contribution in [0.25, 0.3) is 16.6 Å². The molecule has 0 saturated heterocycles. The quantitative estimate of drug-likeness (QED) is 0.801. The maximum absolute atomic E-state index is 10.8. The van der Waals surface area contributed by atoms with Crippen molar-refractivity contribution in [1.29, 1.82) is 0 Å². The van der Waals surface area contributed by atoms with Crippen LogP contribution in [0.5, 0.6) is 0 Å². The van der Waals surface area contributed by atoms with E-state index in [0.717, 1.165) is 47.4 Å². The Morgan fingerprint density at radius 1 is 1.33 bits per heavy atom. The molecule has 4 bridgehead atoms. The van der Waals surface area contributed by atoms with Crippen molar-refractivity contribution in [1.82, 2.24) is 9.97 Å². The number of allylic oxidation sites excluding steroid dienone is 1. The fraction of sp³-hybridized carbons (Fsp3) is 0.550. The Morgan fingerprint density at radius 2 is 2.08 bits per heavy atom. The first kappa shape index (κ1) is 14.5. The minimum Gasteiger partial charge on any atom is -0.390 e. The Balaban J connectivity index is 1.54. The normalized spacial score (nSPS) is 37.1. The van der Waals surface area contributed by atoms with Crippen molar-refractivity contribution in [2.45, 2.75) is 50.7 Å². The molecule has 2 unspecified atom stereocenters. The van der Waals surface area contributed by atoms with Crippen LogP contribution in [0.4, 0.5) is 5.69 Å². The summed E-state index contributed by atoms with van der Waals surface area (Å²) in [5.74, 6) is 1.90. The maximum Gasteiger partial charge on any atom is 0.139 e. The first-order valence-corrected chi connectivity index (χ1v) is 9.13. The summed E-state index contributed by atoms with van der Waals surface area (Å²) in [7, 11) is 0. The van der Waals surface area contributed by atoms with Gasteiger partial charge in [0.1, 0.15) is 5.65 Å². The number of aromatic amines is 1. The van der Waals surface area contributed by atoms with E-state index in [4.69, 9.17) is 0 Å². The van der Waals surface area contributed by atoms with Crippen LogP contribution in [0.3, 0.4) is 0 Å². The number of aromatic nitrogens is 2. The molecular weight excluding hydrogens is 298 g/mol. The second kappa shape index (κ2) is 4.85. The number of hydrogen-bond donors (Lipinski definition) is 3. The van der Waals surface area contributed by atoms with Crippen molar-refractivity contribution < 1.29 is 5.11 Å². The molecule has 2 aromatic heterocycles. The van der Waals surface area contributed by atoms with Gasteiger partial charge in [-0.25, -0.2) is 4.98 Å². The molecule has 2 atom stereocenters. The van der Waals surface area contributed by atoms with Gasteiger partial charge in [-0.05, 0) is 68.4 Å². The molecule has 2 heterocycles. The Morgan fingerprint density at radius 3 is 2.75 bits per heavy atom. The molecule has 4 fully saturated rings. The lowest BCUT2D eigenvalue weighted by molar-refractivity contribution is -0.129. The van der Waals surface area contributed by atoms with Gasteiger partial charge in [0.25, 0.3) is 0 Å². The predicted octanol–water partition coefficient (Wildman–Crippen LogP) is 3.95. The minimum atomic E-state index is -0.381. The zero-order valence-electron chi connectivity index (χ0n) is 14.2. The van der Waals surface area contributed by atoms with Gasteiger partial charge in [0.05, 0.1) is 11.3 Å². The smallest absolute Gasteiger partial charge is 0.139 e. The zero-order valence-corrected chi connectivity index (χ0v) is 14.2. The molecule has 0 aromatic carbocycles. The Kier molecular flexibility index (Phi) is 2.94. The summed E-state index contributed by atoms with van der Waals surface area (Å²) in [6, 6.07) is 2.56. The van der Waals surface area contributed by atoms with Gasteiger partial charge in [-0.2, -0.15) is 0 Å². The van der Waals surface area contributed by atoms with Crippen molar-refractivity contribution in [3.63, 3.8) is 0 Å². The number of H-pyrrole nitrogens is 1. The summed E-state index contributed by atoms with van der Waals surface area (Å²) < 4.78 is 0. The van der Waals surface area contributed by atoms with Crippen molar-refractivity contribution in [2.75, 3.05) is 5.32 Å². The lowest BCUT2D eigenvalue weighted by Crippen LogP contribution is -2.59. The van der Waals surface area contributed by atoms with Gasteiger partial charge in [-0.15, -0.1) is 0 Å². The third-order valence-corrected chi connectivity index (χ3v) is 6.60. The number of anilines is 1. The molecule has 4 aliphatic carbocycles. The highest BCUT2D eigenvalue weighted by Gasteiger charge is 2.54. The molecule has 4 heteroatoms. The zero-order chi connectivity index (χ0) is 16.5. The van der Waals surface area contributed by atoms with Crippen LogP contribution in [-0.2, 0) is 0 Å². The second-order valence-corrected chi connectivity index (χ2v) is 8.43. The highest BCUT2D eigenvalue weighted by molar-refractivity contribution is 5.95. The molecule has 6 rings (SSSR count). The van der Waals surface area contributed by atoms with E-state index in [0.29, 0.717) is 17.9 Å². The van der Waals surface area contributed by atoms with E-state index in [9.17, 15) is 5.11 Å². The number of aliphatic hydroxyl groups is 1. The highest BCUT2D eigenvalue weighted by atomic mass is 16.3. The van der Waals surface area contributed by atoms with E-state index >= 15 is 0 Å². The first-order chi connectivity index (χ1) is 11.5. The number of fused-ring (bicyclic) bond motifs is 1. The molecule has 0 spiro atoms. The third kappa shape index (κ3) is 2.05. The molecule has 3 N–H and O–H groups in total. The van der Waals surface area contributed by atoms with Crippen LogP contribution >= 0.6 is 0 Å². The second-order valence-electron chi connectivity index (χ2n) is 8.43. The standard InChI is InChI=1S/C20H25N3O/c1-11(2)16-10-22-19-15(3-4-21-19)18(16)23-17-13-5-12-6-14(17)9-20(24,7-12)8-13/h3-4,10,12-14,17,24H,1,5-9H2,2H3,(H2,21,22,23). The van der Waals surface area contributed by atoms with Crippen LogP contribution in [0.1, 0.15) is 44.6 Å².